The summed E-state index contributed by atoms with van der Waals surface area (Å²) in [7, 11) is 1.76. The van der Waals surface area contributed by atoms with Crippen molar-refractivity contribution in [3.63, 3.8) is 0 Å². The van der Waals surface area contributed by atoms with Gasteiger partial charge in [0, 0.05) is 31.1 Å². The number of carbonyl (C=O) groups is 2. The van der Waals surface area contributed by atoms with E-state index in [0.29, 0.717) is 27.5 Å². The molecule has 4 rings (SSSR count). The summed E-state index contributed by atoms with van der Waals surface area (Å²) in [4.78, 5) is 30.4. The number of pyridine rings is 1. The number of nitrogens with zero attached hydrogens (tertiary/aromatic N) is 3. The number of fused-ring (bicyclic) bond motifs is 1. The molecule has 33 heavy (non-hydrogen) atoms. The molecule has 1 saturated carbocycles. The lowest BCUT2D eigenvalue weighted by molar-refractivity contribution is -0.126. The van der Waals surface area contributed by atoms with Crippen LogP contribution in [-0.2, 0) is 4.79 Å². The van der Waals surface area contributed by atoms with Gasteiger partial charge in [-0.1, -0.05) is 43.0 Å². The Morgan fingerprint density at radius 1 is 1.21 bits per heavy atom. The molecule has 1 aromatic carbocycles. The Morgan fingerprint density at radius 3 is 2.70 bits per heavy atom. The van der Waals surface area contributed by atoms with Gasteiger partial charge < -0.3 is 14.8 Å². The first-order valence-corrected chi connectivity index (χ1v) is 11.5. The number of aliphatic hydroxyl groups excluding tert-OH is 1. The molecule has 0 bridgehead atoms. The number of hydrogen-bond acceptors (Lipinski definition) is 6. The van der Waals surface area contributed by atoms with Crippen LogP contribution in [0.4, 0.5) is 11.5 Å². The number of amides is 2. The van der Waals surface area contributed by atoms with Gasteiger partial charge in [-0.2, -0.15) is 0 Å². The largest absolute Gasteiger partial charge is 0.449 e. The molecule has 0 saturated heterocycles. The van der Waals surface area contributed by atoms with Crippen LogP contribution in [-0.4, -0.2) is 47.1 Å². The fraction of sp³-hybridized carbons (Fsp3) is 0.375. The Balaban J connectivity index is 1.67. The lowest BCUT2D eigenvalue weighted by Crippen LogP contribution is -2.48. The molecule has 8 nitrogen and oxygen atoms in total. The van der Waals surface area contributed by atoms with Gasteiger partial charge >= 0.3 is 0 Å². The topological polar surface area (TPSA) is 98.9 Å². The van der Waals surface area contributed by atoms with Gasteiger partial charge in [-0.25, -0.2) is 15.0 Å². The predicted molar refractivity (Wildman–Crippen MR) is 127 cm³/mol. The number of rotatable bonds is 7. The molecule has 174 valence electrons. The summed E-state index contributed by atoms with van der Waals surface area (Å²) >= 11 is 5.85. The third-order valence-electron chi connectivity index (χ3n) is 5.87. The first-order valence-electron chi connectivity index (χ1n) is 11.1. The van der Waals surface area contributed by atoms with Gasteiger partial charge in [0.05, 0.1) is 11.6 Å². The molecule has 0 unspecified atom stereocenters. The van der Waals surface area contributed by atoms with Crippen LogP contribution in [0.2, 0.25) is 5.02 Å². The van der Waals surface area contributed by atoms with Crippen LogP contribution in [0.25, 0.3) is 11.0 Å². The van der Waals surface area contributed by atoms with Gasteiger partial charge in [0.15, 0.2) is 11.3 Å². The molecule has 2 heterocycles. The number of hydrogen-bond donors (Lipinski definition) is 2. The van der Waals surface area contributed by atoms with Crippen molar-refractivity contribution in [2.24, 2.45) is 5.92 Å². The van der Waals surface area contributed by atoms with E-state index in [1.54, 1.807) is 41.3 Å². The highest BCUT2D eigenvalue weighted by Gasteiger charge is 2.31. The van der Waals surface area contributed by atoms with Crippen molar-refractivity contribution in [3.8, 4) is 0 Å². The van der Waals surface area contributed by atoms with Gasteiger partial charge in [-0.05, 0) is 37.1 Å². The molecule has 2 N–H and O–H groups in total. The molecule has 0 atom stereocenters. The molecule has 0 aliphatic heterocycles. The van der Waals surface area contributed by atoms with Crippen LogP contribution < -0.4 is 10.3 Å². The van der Waals surface area contributed by atoms with Crippen molar-refractivity contribution in [3.05, 3.63) is 53.4 Å². The van der Waals surface area contributed by atoms with E-state index in [2.05, 4.69) is 10.3 Å². The molecule has 3 aromatic rings. The molecule has 2 aromatic heterocycles. The zero-order chi connectivity index (χ0) is 23.4. The fourth-order valence-electron chi connectivity index (χ4n) is 4.19. The monoisotopic (exact) mass is 470 g/mol. The van der Waals surface area contributed by atoms with Crippen LogP contribution in [0.15, 0.2) is 47.0 Å². The Morgan fingerprint density at radius 2 is 2.00 bits per heavy atom. The molecule has 0 radical (unpaired) electrons. The minimum Gasteiger partial charge on any atom is -0.449 e. The summed E-state index contributed by atoms with van der Waals surface area (Å²) in [5.74, 6) is -0.110. The summed E-state index contributed by atoms with van der Waals surface area (Å²) in [5, 5.41) is 16.6. The first kappa shape index (κ1) is 23.2. The normalized spacial score (nSPS) is 14.5. The SMILES string of the molecule is CN(CCO)N(C(=O)C1CCCCC1)c1cccc2cc(C(=O)Nc3ccc(Cl)cn3)oc12. The number of nitrogens with one attached hydrogen (secondary N) is 1. The number of furan rings is 1. The minimum atomic E-state index is -0.458. The number of halogens is 1. The number of aromatic nitrogens is 1. The highest BCUT2D eigenvalue weighted by atomic mass is 35.5. The van der Waals surface area contributed by atoms with Crippen molar-refractivity contribution in [1.29, 1.82) is 0 Å². The second kappa shape index (κ2) is 10.3. The van der Waals surface area contributed by atoms with Crippen LogP contribution >= 0.6 is 11.6 Å². The summed E-state index contributed by atoms with van der Waals surface area (Å²) in [5.41, 5.74) is 0.975. The van der Waals surface area contributed by atoms with Gasteiger partial charge in [-0.15, -0.1) is 0 Å². The van der Waals surface area contributed by atoms with Crippen LogP contribution in [0, 0.1) is 5.92 Å². The summed E-state index contributed by atoms with van der Waals surface area (Å²) in [6, 6.07) is 10.3. The Labute approximate surface area is 197 Å². The van der Waals surface area contributed by atoms with E-state index in [9.17, 15) is 14.7 Å². The quantitative estimate of drug-likeness (QED) is 0.494. The third-order valence-corrected chi connectivity index (χ3v) is 6.10. The maximum atomic E-state index is 13.5. The third kappa shape index (κ3) is 5.19. The molecule has 1 aliphatic carbocycles. The number of para-hydroxylation sites is 1. The highest BCUT2D eigenvalue weighted by molar-refractivity contribution is 6.30. The Bertz CT molecular complexity index is 1130. The first-order chi connectivity index (χ1) is 16.0. The second-order valence-electron chi connectivity index (χ2n) is 8.21. The van der Waals surface area contributed by atoms with E-state index < -0.39 is 5.91 Å². The molecule has 1 fully saturated rings. The molecule has 0 spiro atoms. The van der Waals surface area contributed by atoms with Crippen LogP contribution in [0.3, 0.4) is 0 Å². The second-order valence-corrected chi connectivity index (χ2v) is 8.65. The maximum absolute atomic E-state index is 13.5. The molecule has 1 aliphatic rings. The zero-order valence-electron chi connectivity index (χ0n) is 18.5. The molecule has 2 amide bonds. The fourth-order valence-corrected chi connectivity index (χ4v) is 4.30. The van der Waals surface area contributed by atoms with Crippen LogP contribution in [0.5, 0.6) is 0 Å². The van der Waals surface area contributed by atoms with Crippen molar-refractivity contribution < 1.29 is 19.1 Å². The van der Waals surface area contributed by atoms with Crippen LogP contribution in [0.1, 0.15) is 42.7 Å². The highest BCUT2D eigenvalue weighted by Crippen LogP contribution is 2.34. The average molecular weight is 471 g/mol. The maximum Gasteiger partial charge on any atom is 0.292 e. The Kier molecular flexibility index (Phi) is 7.27. The summed E-state index contributed by atoms with van der Waals surface area (Å²) in [6.07, 6.45) is 6.34. The van der Waals surface area contributed by atoms with E-state index in [0.717, 1.165) is 32.1 Å². The number of likely N-dealkylation sites (N-methyl/N-ethyl adjacent to an activating group) is 1. The van der Waals surface area contributed by atoms with Gasteiger partial charge in [0.2, 0.25) is 5.91 Å². The lowest BCUT2D eigenvalue weighted by Gasteiger charge is -2.35. The van der Waals surface area contributed by atoms with E-state index in [1.807, 2.05) is 12.1 Å². The van der Waals surface area contributed by atoms with Crippen molar-refractivity contribution in [1.82, 2.24) is 9.99 Å². The number of hydrazine groups is 1. The van der Waals surface area contributed by atoms with Gasteiger partial charge in [-0.3, -0.25) is 9.59 Å². The lowest BCUT2D eigenvalue weighted by atomic mass is 9.88. The van der Waals surface area contributed by atoms with Gasteiger partial charge in [0.1, 0.15) is 11.5 Å². The van der Waals surface area contributed by atoms with Gasteiger partial charge in [0.25, 0.3) is 5.91 Å². The predicted octanol–water partition coefficient (Wildman–Crippen LogP) is 4.49. The van der Waals surface area contributed by atoms with E-state index in [-0.39, 0.29) is 30.7 Å². The summed E-state index contributed by atoms with van der Waals surface area (Å²) < 4.78 is 5.95. The van der Waals surface area contributed by atoms with Crippen molar-refractivity contribution in [2.45, 2.75) is 32.1 Å². The van der Waals surface area contributed by atoms with Crippen molar-refractivity contribution >= 4 is 45.9 Å². The van der Waals surface area contributed by atoms with Crippen molar-refractivity contribution in [2.75, 3.05) is 30.5 Å². The minimum absolute atomic E-state index is 0.0223. The molecule has 9 heteroatoms. The van der Waals surface area contributed by atoms with E-state index >= 15 is 0 Å². The zero-order valence-corrected chi connectivity index (χ0v) is 19.2. The van der Waals surface area contributed by atoms with E-state index in [4.69, 9.17) is 16.0 Å². The number of benzene rings is 1. The summed E-state index contributed by atoms with van der Waals surface area (Å²) in [6.45, 7) is 0.186. The standard InChI is InChI=1S/C24H27ClN4O4/c1-28(12-13-30)29(24(32)16-6-3-2-4-7-16)19-9-5-8-17-14-20(33-22(17)19)23(31)27-21-11-10-18(25)15-26-21/h5,8-11,14-16,30H,2-4,6-7,12-13H2,1H3,(H,26,27,31). The number of aliphatic hydroxyl groups is 1. The smallest absolute Gasteiger partial charge is 0.292 e. The molecular formula is C24H27ClN4O4. The number of anilines is 2. The Hall–Kier alpha value is -2.94. The average Bonchev–Trinajstić information content (AvgIpc) is 3.27. The number of carbonyl (C=O) groups excluding carboxylic acids is 2. The molecular weight excluding hydrogens is 444 g/mol. The van der Waals surface area contributed by atoms with E-state index in [1.165, 1.54) is 6.20 Å².